The van der Waals surface area contributed by atoms with Crippen LogP contribution in [0.25, 0.3) is 26.3 Å². The van der Waals surface area contributed by atoms with E-state index in [0.717, 1.165) is 51.3 Å². The molecule has 0 spiro atoms. The second-order valence-electron chi connectivity index (χ2n) is 6.62. The molecule has 1 atom stereocenters. The predicted molar refractivity (Wildman–Crippen MR) is 118 cm³/mol. The van der Waals surface area contributed by atoms with E-state index in [0.29, 0.717) is 5.39 Å². The van der Waals surface area contributed by atoms with Crippen LogP contribution in [0, 0.1) is 0 Å². The van der Waals surface area contributed by atoms with Crippen LogP contribution >= 0.6 is 34.4 Å². The van der Waals surface area contributed by atoms with Crippen molar-refractivity contribution in [2.75, 3.05) is 12.4 Å². The molecular formula is C21H18N2O2S3. The third kappa shape index (κ3) is 3.33. The molecule has 1 fully saturated rings. The van der Waals surface area contributed by atoms with Crippen LogP contribution in [0.1, 0.15) is 12.8 Å². The molecule has 1 aromatic carbocycles. The van der Waals surface area contributed by atoms with Gasteiger partial charge in [0, 0.05) is 28.2 Å². The summed E-state index contributed by atoms with van der Waals surface area (Å²) in [4.78, 5) is 20.4. The topological polar surface area (TPSA) is 44.1 Å². The minimum Gasteiger partial charge on any atom is -0.377 e. The second kappa shape index (κ2) is 7.83. The fraction of sp³-hybridized carbons (Fsp3) is 0.238. The zero-order valence-electron chi connectivity index (χ0n) is 15.0. The van der Waals surface area contributed by atoms with E-state index in [-0.39, 0.29) is 11.7 Å². The number of nitrogens with zero attached hydrogens (tertiary/aromatic N) is 2. The molecule has 0 amide bonds. The summed E-state index contributed by atoms with van der Waals surface area (Å²) >= 11 is 4.80. The average molecular weight is 427 g/mol. The van der Waals surface area contributed by atoms with Crippen molar-refractivity contribution in [2.24, 2.45) is 0 Å². The molecule has 1 saturated heterocycles. The van der Waals surface area contributed by atoms with Crippen molar-refractivity contribution in [3.63, 3.8) is 0 Å². The van der Waals surface area contributed by atoms with Gasteiger partial charge < -0.3 is 4.74 Å². The van der Waals surface area contributed by atoms with Gasteiger partial charge in [0.25, 0.3) is 5.56 Å². The summed E-state index contributed by atoms with van der Waals surface area (Å²) < 4.78 is 7.51. The summed E-state index contributed by atoms with van der Waals surface area (Å²) in [5.41, 5.74) is 1.82. The molecule has 7 heteroatoms. The molecule has 0 bridgehead atoms. The van der Waals surface area contributed by atoms with E-state index >= 15 is 0 Å². The average Bonchev–Trinajstić information content (AvgIpc) is 3.47. The van der Waals surface area contributed by atoms with E-state index in [1.54, 1.807) is 39.0 Å². The summed E-state index contributed by atoms with van der Waals surface area (Å²) in [5.74, 6) is 0.813. The quantitative estimate of drug-likeness (QED) is 0.315. The maximum Gasteiger partial charge on any atom is 0.268 e. The predicted octanol–water partition coefficient (Wildman–Crippen LogP) is 5.45. The zero-order chi connectivity index (χ0) is 18.9. The lowest BCUT2D eigenvalue weighted by Gasteiger charge is -2.14. The Morgan fingerprint density at radius 1 is 1.18 bits per heavy atom. The van der Waals surface area contributed by atoms with Crippen LogP contribution in [-0.4, -0.2) is 28.0 Å². The molecule has 1 aliphatic heterocycles. The van der Waals surface area contributed by atoms with E-state index in [2.05, 4.69) is 11.4 Å². The van der Waals surface area contributed by atoms with Crippen molar-refractivity contribution >= 4 is 44.7 Å². The van der Waals surface area contributed by atoms with E-state index in [4.69, 9.17) is 9.72 Å². The third-order valence-corrected chi connectivity index (χ3v) is 7.65. The smallest absolute Gasteiger partial charge is 0.268 e. The minimum absolute atomic E-state index is 0.00399. The lowest BCUT2D eigenvalue weighted by atomic mass is 10.2. The van der Waals surface area contributed by atoms with Crippen molar-refractivity contribution in [3.05, 3.63) is 63.6 Å². The molecule has 4 heterocycles. The van der Waals surface area contributed by atoms with Gasteiger partial charge in [-0.25, -0.2) is 4.98 Å². The number of fused-ring (bicyclic) bond motifs is 1. The van der Waals surface area contributed by atoms with Crippen LogP contribution in [0.5, 0.6) is 0 Å². The summed E-state index contributed by atoms with van der Waals surface area (Å²) in [5, 5.41) is 5.53. The monoisotopic (exact) mass is 426 g/mol. The Morgan fingerprint density at radius 3 is 2.82 bits per heavy atom. The fourth-order valence-corrected chi connectivity index (χ4v) is 6.31. The molecule has 1 aliphatic rings. The fourth-order valence-electron chi connectivity index (χ4n) is 3.43. The number of thiophene rings is 2. The van der Waals surface area contributed by atoms with Crippen LogP contribution in [0.2, 0.25) is 0 Å². The van der Waals surface area contributed by atoms with Crippen LogP contribution < -0.4 is 5.56 Å². The van der Waals surface area contributed by atoms with Gasteiger partial charge in [-0.2, -0.15) is 0 Å². The van der Waals surface area contributed by atoms with Crippen molar-refractivity contribution in [1.82, 2.24) is 9.55 Å². The first-order chi connectivity index (χ1) is 13.8. The highest BCUT2D eigenvalue weighted by Gasteiger charge is 2.21. The number of thioether (sulfide) groups is 1. The van der Waals surface area contributed by atoms with Crippen molar-refractivity contribution in [1.29, 1.82) is 0 Å². The Hall–Kier alpha value is -1.93. The molecule has 28 heavy (non-hydrogen) atoms. The van der Waals surface area contributed by atoms with E-state index in [1.807, 2.05) is 41.8 Å². The van der Waals surface area contributed by atoms with Crippen LogP contribution in [0.3, 0.4) is 0 Å². The first-order valence-electron chi connectivity index (χ1n) is 9.19. The summed E-state index contributed by atoms with van der Waals surface area (Å²) in [7, 11) is 0. The zero-order valence-corrected chi connectivity index (χ0v) is 17.5. The van der Waals surface area contributed by atoms with Gasteiger partial charge in [0.05, 0.1) is 17.2 Å². The molecule has 0 saturated carbocycles. The first-order valence-corrected chi connectivity index (χ1v) is 11.9. The van der Waals surface area contributed by atoms with Crippen molar-refractivity contribution < 1.29 is 4.74 Å². The molecule has 4 nitrogen and oxygen atoms in total. The molecule has 4 aromatic rings. The largest absolute Gasteiger partial charge is 0.377 e. The maximum absolute atomic E-state index is 13.6. The number of para-hydroxylation sites is 1. The number of hydrogen-bond acceptors (Lipinski definition) is 6. The number of aromatic nitrogens is 2. The second-order valence-corrected chi connectivity index (χ2v) is 9.42. The van der Waals surface area contributed by atoms with Gasteiger partial charge in [-0.15, -0.1) is 22.7 Å². The summed E-state index contributed by atoms with van der Waals surface area (Å²) in [6.45, 7) is 0.832. The maximum atomic E-state index is 13.6. The Balaban J connectivity index is 1.66. The Morgan fingerprint density at radius 2 is 2.07 bits per heavy atom. The molecule has 0 N–H and O–H groups in total. The first kappa shape index (κ1) is 18.1. The lowest BCUT2D eigenvalue weighted by Crippen LogP contribution is -2.22. The molecule has 5 rings (SSSR count). The number of rotatable bonds is 5. The highest BCUT2D eigenvalue weighted by Crippen LogP contribution is 2.35. The number of hydrogen-bond donors (Lipinski definition) is 0. The minimum atomic E-state index is -0.00399. The molecule has 142 valence electrons. The van der Waals surface area contributed by atoms with Crippen LogP contribution in [0.15, 0.2) is 63.2 Å². The van der Waals surface area contributed by atoms with Crippen molar-refractivity contribution in [3.8, 4) is 16.1 Å². The number of benzene rings is 1. The lowest BCUT2D eigenvalue weighted by molar-refractivity contribution is 0.129. The molecule has 3 aromatic heterocycles. The van der Waals surface area contributed by atoms with Gasteiger partial charge in [-0.3, -0.25) is 9.36 Å². The van der Waals surface area contributed by atoms with Gasteiger partial charge in [-0.05, 0) is 36.4 Å². The van der Waals surface area contributed by atoms with E-state index in [1.165, 1.54) is 0 Å². The normalized spacial score (nSPS) is 16.8. The van der Waals surface area contributed by atoms with E-state index in [9.17, 15) is 4.79 Å². The number of ether oxygens (including phenoxy) is 1. The molecule has 0 aliphatic carbocycles. The highest BCUT2D eigenvalue weighted by molar-refractivity contribution is 7.99. The van der Waals surface area contributed by atoms with Gasteiger partial charge in [0.2, 0.25) is 0 Å². The van der Waals surface area contributed by atoms with Crippen LogP contribution in [-0.2, 0) is 4.74 Å². The highest BCUT2D eigenvalue weighted by atomic mass is 32.2. The molecule has 1 unspecified atom stereocenters. The Kier molecular flexibility index (Phi) is 5.07. The van der Waals surface area contributed by atoms with Crippen molar-refractivity contribution in [2.45, 2.75) is 24.1 Å². The summed E-state index contributed by atoms with van der Waals surface area (Å²) in [6, 6.07) is 13.9. The third-order valence-electron chi connectivity index (χ3n) is 4.80. The van der Waals surface area contributed by atoms with Crippen LogP contribution in [0.4, 0.5) is 0 Å². The molecular weight excluding hydrogens is 408 g/mol. The standard InChI is InChI=1S/C21H18N2O2S3/c24-20-18-16(17-9-5-11-26-17)13-27-19(18)22-21(28-12-15-8-4-10-25-15)23(20)14-6-2-1-3-7-14/h1-3,5-7,9,11,13,15H,4,8,10,12H2. The van der Waals surface area contributed by atoms with E-state index < -0.39 is 0 Å². The SMILES string of the molecule is O=c1c2c(-c3cccs3)csc2nc(SCC2CCCO2)n1-c1ccccc1. The molecule has 0 radical (unpaired) electrons. The van der Waals surface area contributed by atoms with Gasteiger partial charge >= 0.3 is 0 Å². The summed E-state index contributed by atoms with van der Waals surface area (Å²) in [6.07, 6.45) is 2.43. The van der Waals surface area contributed by atoms with Gasteiger partial charge in [0.15, 0.2) is 5.16 Å². The van der Waals surface area contributed by atoms with Gasteiger partial charge in [0.1, 0.15) is 4.83 Å². The Labute approximate surface area is 174 Å². The van der Waals surface area contributed by atoms with Gasteiger partial charge in [-0.1, -0.05) is 36.0 Å². The Bertz CT molecular complexity index is 1140.